The van der Waals surface area contributed by atoms with Crippen molar-refractivity contribution in [3.8, 4) is 11.5 Å². The SMILES string of the molecule is COc1cc(CC[NH3+])ccc1O. The molecule has 1 aromatic carbocycles. The second-order valence-electron chi connectivity index (χ2n) is 2.61. The fraction of sp³-hybridized carbons (Fsp3) is 0.333. The first-order valence-corrected chi connectivity index (χ1v) is 3.93. The van der Waals surface area contributed by atoms with E-state index in [0.29, 0.717) is 5.75 Å². The van der Waals surface area contributed by atoms with Crippen LogP contribution in [-0.4, -0.2) is 18.8 Å². The van der Waals surface area contributed by atoms with Gasteiger partial charge in [-0.2, -0.15) is 0 Å². The normalized spacial score (nSPS) is 9.83. The van der Waals surface area contributed by atoms with Gasteiger partial charge in [-0.25, -0.2) is 0 Å². The van der Waals surface area contributed by atoms with Crippen LogP contribution in [0.2, 0.25) is 0 Å². The van der Waals surface area contributed by atoms with E-state index in [-0.39, 0.29) is 5.75 Å². The Balaban J connectivity index is 2.89. The van der Waals surface area contributed by atoms with Crippen molar-refractivity contribution in [2.24, 2.45) is 0 Å². The lowest BCUT2D eigenvalue weighted by Gasteiger charge is -2.04. The smallest absolute Gasteiger partial charge is 0.160 e. The van der Waals surface area contributed by atoms with Gasteiger partial charge in [0, 0.05) is 6.42 Å². The van der Waals surface area contributed by atoms with Crippen molar-refractivity contribution in [1.29, 1.82) is 0 Å². The zero-order valence-corrected chi connectivity index (χ0v) is 7.21. The summed E-state index contributed by atoms with van der Waals surface area (Å²) in [5, 5.41) is 9.26. The maximum atomic E-state index is 9.26. The molecule has 1 rings (SSSR count). The summed E-state index contributed by atoms with van der Waals surface area (Å²) < 4.78 is 4.96. The Hall–Kier alpha value is -1.22. The van der Waals surface area contributed by atoms with Gasteiger partial charge in [-0.3, -0.25) is 0 Å². The Morgan fingerprint density at radius 2 is 2.25 bits per heavy atom. The maximum Gasteiger partial charge on any atom is 0.160 e. The minimum atomic E-state index is 0.185. The largest absolute Gasteiger partial charge is 0.504 e. The molecule has 0 aromatic heterocycles. The molecule has 0 saturated carbocycles. The van der Waals surface area contributed by atoms with Crippen LogP contribution in [0, 0.1) is 0 Å². The zero-order valence-electron chi connectivity index (χ0n) is 7.21. The van der Waals surface area contributed by atoms with Crippen LogP contribution >= 0.6 is 0 Å². The van der Waals surface area contributed by atoms with E-state index >= 15 is 0 Å². The molecule has 0 saturated heterocycles. The van der Waals surface area contributed by atoms with E-state index < -0.39 is 0 Å². The summed E-state index contributed by atoms with van der Waals surface area (Å²) in [6.45, 7) is 0.855. The van der Waals surface area contributed by atoms with Crippen molar-refractivity contribution < 1.29 is 15.6 Å². The summed E-state index contributed by atoms with van der Waals surface area (Å²) >= 11 is 0. The first-order valence-electron chi connectivity index (χ1n) is 3.93. The molecule has 0 fully saturated rings. The molecule has 66 valence electrons. The van der Waals surface area contributed by atoms with Gasteiger partial charge in [-0.1, -0.05) is 6.07 Å². The van der Waals surface area contributed by atoms with Gasteiger partial charge in [0.15, 0.2) is 11.5 Å². The molecule has 3 heteroatoms. The quantitative estimate of drug-likeness (QED) is 0.676. The number of hydrogen-bond donors (Lipinski definition) is 2. The van der Waals surface area contributed by atoms with Crippen molar-refractivity contribution in [2.45, 2.75) is 6.42 Å². The molecule has 0 atom stereocenters. The molecular formula is C9H14NO2+. The summed E-state index contributed by atoms with van der Waals surface area (Å²) in [7, 11) is 1.54. The monoisotopic (exact) mass is 168 g/mol. The highest BCUT2D eigenvalue weighted by Crippen LogP contribution is 2.26. The first-order chi connectivity index (χ1) is 5.77. The summed E-state index contributed by atoms with van der Waals surface area (Å²) in [6, 6.07) is 5.35. The minimum Gasteiger partial charge on any atom is -0.504 e. The van der Waals surface area contributed by atoms with Crippen molar-refractivity contribution >= 4 is 0 Å². The molecule has 4 N–H and O–H groups in total. The van der Waals surface area contributed by atoms with E-state index in [1.54, 1.807) is 13.2 Å². The Kier molecular flexibility index (Phi) is 2.94. The predicted molar refractivity (Wildman–Crippen MR) is 46.1 cm³/mol. The van der Waals surface area contributed by atoms with Crippen molar-refractivity contribution in [3.63, 3.8) is 0 Å². The molecule has 0 heterocycles. The Morgan fingerprint density at radius 3 is 2.83 bits per heavy atom. The van der Waals surface area contributed by atoms with Gasteiger partial charge >= 0.3 is 0 Å². The summed E-state index contributed by atoms with van der Waals surface area (Å²) in [5.41, 5.74) is 4.89. The van der Waals surface area contributed by atoms with Gasteiger partial charge in [0.1, 0.15) is 0 Å². The Labute approximate surface area is 71.8 Å². The predicted octanol–water partition coefficient (Wildman–Crippen LogP) is 0.185. The molecule has 0 aliphatic heterocycles. The molecule has 0 aliphatic rings. The highest BCUT2D eigenvalue weighted by atomic mass is 16.5. The third-order valence-electron chi connectivity index (χ3n) is 1.71. The maximum absolute atomic E-state index is 9.26. The second-order valence-corrected chi connectivity index (χ2v) is 2.61. The summed E-state index contributed by atoms with van der Waals surface area (Å²) in [5.74, 6) is 0.714. The molecule has 0 amide bonds. The van der Waals surface area contributed by atoms with Crippen molar-refractivity contribution in [2.75, 3.05) is 13.7 Å². The van der Waals surface area contributed by atoms with Crippen LogP contribution in [0.15, 0.2) is 18.2 Å². The highest BCUT2D eigenvalue weighted by molar-refractivity contribution is 5.41. The molecule has 12 heavy (non-hydrogen) atoms. The average Bonchev–Trinajstić information content (AvgIpc) is 2.09. The number of aromatic hydroxyl groups is 1. The summed E-state index contributed by atoms with van der Waals surface area (Å²) in [4.78, 5) is 0. The zero-order chi connectivity index (χ0) is 8.97. The van der Waals surface area contributed by atoms with Crippen LogP contribution in [0.4, 0.5) is 0 Å². The van der Waals surface area contributed by atoms with Gasteiger partial charge in [0.05, 0.1) is 13.7 Å². The van der Waals surface area contributed by atoms with Crippen molar-refractivity contribution in [1.82, 2.24) is 0 Å². The van der Waals surface area contributed by atoms with Gasteiger partial charge in [-0.15, -0.1) is 0 Å². The lowest BCUT2D eigenvalue weighted by molar-refractivity contribution is -0.366. The molecule has 1 aromatic rings. The molecule has 0 bridgehead atoms. The minimum absolute atomic E-state index is 0.185. The van der Waals surface area contributed by atoms with Crippen LogP contribution in [0.1, 0.15) is 5.56 Å². The van der Waals surface area contributed by atoms with Gasteiger partial charge < -0.3 is 15.6 Å². The van der Waals surface area contributed by atoms with Crippen LogP contribution in [0.5, 0.6) is 11.5 Å². The fourth-order valence-electron chi connectivity index (χ4n) is 1.08. The lowest BCUT2D eigenvalue weighted by Crippen LogP contribution is -2.51. The topological polar surface area (TPSA) is 57.1 Å². The van der Waals surface area contributed by atoms with Gasteiger partial charge in [0.2, 0.25) is 0 Å². The second kappa shape index (κ2) is 3.97. The van der Waals surface area contributed by atoms with E-state index in [0.717, 1.165) is 18.5 Å². The van der Waals surface area contributed by atoms with Crippen LogP contribution in [0.25, 0.3) is 0 Å². The number of ether oxygens (including phenoxy) is 1. The van der Waals surface area contributed by atoms with E-state index in [1.807, 2.05) is 12.1 Å². The van der Waals surface area contributed by atoms with Gasteiger partial charge in [0.25, 0.3) is 0 Å². The van der Waals surface area contributed by atoms with Crippen molar-refractivity contribution in [3.05, 3.63) is 23.8 Å². The van der Waals surface area contributed by atoms with E-state index in [4.69, 9.17) is 4.74 Å². The molecule has 0 spiro atoms. The molecule has 3 nitrogen and oxygen atoms in total. The van der Waals surface area contributed by atoms with Crippen LogP contribution in [0.3, 0.4) is 0 Å². The van der Waals surface area contributed by atoms with Gasteiger partial charge in [-0.05, 0) is 17.7 Å². The molecule has 0 radical (unpaired) electrons. The number of methoxy groups -OCH3 is 1. The van der Waals surface area contributed by atoms with E-state index in [9.17, 15) is 5.11 Å². The standard InChI is InChI=1S/C9H13NO2/c1-12-9-6-7(4-5-10)2-3-8(9)11/h2-3,6,11H,4-5,10H2,1H3/p+1. The lowest BCUT2D eigenvalue weighted by atomic mass is 10.1. The Bertz CT molecular complexity index is 261. The van der Waals surface area contributed by atoms with Crippen LogP contribution in [-0.2, 0) is 6.42 Å². The third-order valence-corrected chi connectivity index (χ3v) is 1.71. The van der Waals surface area contributed by atoms with E-state index in [1.165, 1.54) is 0 Å². The third kappa shape index (κ3) is 1.89. The number of phenols is 1. The number of benzene rings is 1. The highest BCUT2D eigenvalue weighted by Gasteiger charge is 2.01. The summed E-state index contributed by atoms with van der Waals surface area (Å²) in [6.07, 6.45) is 0.913. The number of rotatable bonds is 3. The number of phenolic OH excluding ortho intramolecular Hbond substituents is 1. The molecule has 0 aliphatic carbocycles. The van der Waals surface area contributed by atoms with Crippen LogP contribution < -0.4 is 10.5 Å². The molecule has 0 unspecified atom stereocenters. The fourth-order valence-corrected chi connectivity index (χ4v) is 1.08. The first kappa shape index (κ1) is 8.87. The van der Waals surface area contributed by atoms with E-state index in [2.05, 4.69) is 5.73 Å². The average molecular weight is 168 g/mol. The Morgan fingerprint density at radius 1 is 1.50 bits per heavy atom. The number of quaternary nitrogens is 1. The molecular weight excluding hydrogens is 154 g/mol. The number of hydrogen-bond acceptors (Lipinski definition) is 2.